The van der Waals surface area contributed by atoms with Gasteiger partial charge in [-0.3, -0.25) is 10.1 Å². The van der Waals surface area contributed by atoms with E-state index in [0.29, 0.717) is 5.56 Å². The van der Waals surface area contributed by atoms with Crippen molar-refractivity contribution in [1.82, 2.24) is 0 Å². The van der Waals surface area contributed by atoms with Gasteiger partial charge in [-0.1, -0.05) is 32.9 Å². The Hall–Kier alpha value is -0.470. The molecule has 0 unspecified atom stereocenters. The first-order valence-corrected chi connectivity index (χ1v) is 6.80. The summed E-state index contributed by atoms with van der Waals surface area (Å²) in [7, 11) is -4.44. The van der Waals surface area contributed by atoms with Crippen LogP contribution in [0.5, 0.6) is 0 Å². The summed E-state index contributed by atoms with van der Waals surface area (Å²) >= 11 is 0. The molecule has 0 amide bonds. The second-order valence-electron chi connectivity index (χ2n) is 5.06. The van der Waals surface area contributed by atoms with Gasteiger partial charge in [-0.25, -0.2) is 8.42 Å². The Morgan fingerprint density at radius 1 is 1.26 bits per heavy atom. The van der Waals surface area contributed by atoms with E-state index in [0.717, 1.165) is 6.07 Å². The molecule has 6 nitrogen and oxygen atoms in total. The minimum absolute atomic E-state index is 0. The third-order valence-electron chi connectivity index (χ3n) is 2.41. The number of nitrogens with zero attached hydrogens (tertiary/aromatic N) is 1. The topological polar surface area (TPSA) is 100 Å². The Morgan fingerprint density at radius 3 is 2.16 bits per heavy atom. The minimum Gasteiger partial charge on any atom is -0.748 e. The molecule has 0 aliphatic heterocycles. The Kier molecular flexibility index (Phi) is 6.16. The van der Waals surface area contributed by atoms with Gasteiger partial charge >= 0.3 is 29.6 Å². The molecule has 0 bridgehead atoms. The van der Waals surface area contributed by atoms with Crippen molar-refractivity contribution in [1.29, 1.82) is 0 Å². The molecule has 19 heavy (non-hydrogen) atoms. The zero-order valence-corrected chi connectivity index (χ0v) is 14.2. The first-order chi connectivity index (χ1) is 8.00. The summed E-state index contributed by atoms with van der Waals surface area (Å²) in [6.45, 7) is 5.46. The molecule has 0 fully saturated rings. The molecule has 8 heteroatoms. The zero-order valence-electron chi connectivity index (χ0n) is 11.3. The predicted octanol–water partition coefficient (Wildman–Crippen LogP) is -1.06. The minimum atomic E-state index is -4.44. The van der Waals surface area contributed by atoms with E-state index in [-0.39, 0.29) is 40.8 Å². The van der Waals surface area contributed by atoms with Gasteiger partial charge < -0.3 is 4.55 Å². The quantitative estimate of drug-likeness (QED) is 0.306. The molecule has 0 atom stereocenters. The van der Waals surface area contributed by atoms with Crippen molar-refractivity contribution in [3.8, 4) is 0 Å². The molecule has 0 radical (unpaired) electrons. The van der Waals surface area contributed by atoms with Crippen LogP contribution in [0.4, 0.5) is 5.69 Å². The van der Waals surface area contributed by atoms with Crippen LogP contribution < -0.4 is 29.6 Å². The summed E-state index contributed by atoms with van der Waals surface area (Å²) in [4.78, 5) is 10.4. The fraction of sp³-hybridized carbons (Fsp3) is 0.455. The van der Waals surface area contributed by atoms with Crippen LogP contribution in [0.25, 0.3) is 0 Å². The van der Waals surface area contributed by atoms with E-state index in [1.807, 2.05) is 20.8 Å². The Morgan fingerprint density at radius 2 is 1.79 bits per heavy atom. The summed E-state index contributed by atoms with van der Waals surface area (Å²) in [6.07, 6.45) is 0. The zero-order chi connectivity index (χ0) is 14.1. The van der Waals surface area contributed by atoms with E-state index in [2.05, 4.69) is 0 Å². The van der Waals surface area contributed by atoms with Crippen LogP contribution in [0.1, 0.15) is 31.9 Å². The maximum atomic E-state index is 11.0. The van der Waals surface area contributed by atoms with Crippen molar-refractivity contribution >= 4 is 15.8 Å². The van der Waals surface area contributed by atoms with Gasteiger partial charge in [0.1, 0.15) is 0 Å². The van der Waals surface area contributed by atoms with Crippen LogP contribution in [0.2, 0.25) is 0 Å². The normalized spacial score (nSPS) is 11.8. The smallest absolute Gasteiger partial charge is 0.748 e. The van der Waals surface area contributed by atoms with Crippen LogP contribution in [0.15, 0.2) is 18.2 Å². The fourth-order valence-corrected chi connectivity index (χ4v) is 2.24. The summed E-state index contributed by atoms with van der Waals surface area (Å²) < 4.78 is 31.9. The number of hydrogen-bond acceptors (Lipinski definition) is 5. The Labute approximate surface area is 134 Å². The van der Waals surface area contributed by atoms with Gasteiger partial charge in [-0.15, -0.1) is 0 Å². The third kappa shape index (κ3) is 5.58. The molecule has 0 saturated carbocycles. The maximum Gasteiger partial charge on any atom is 1.00 e. The fourth-order valence-electron chi connectivity index (χ4n) is 1.66. The second-order valence-corrected chi connectivity index (χ2v) is 6.46. The number of benzene rings is 1. The molecular weight excluding hydrogens is 281 g/mol. The average Bonchev–Trinajstić information content (AvgIpc) is 2.12. The molecular formula is C11H14NNaO5S. The SMILES string of the molecule is CC(C)(C)c1ccc(CS(=O)(=O)[O-])cc1[N+](=O)[O-].[Na+]. The van der Waals surface area contributed by atoms with E-state index in [1.54, 1.807) is 0 Å². The van der Waals surface area contributed by atoms with Gasteiger partial charge in [-0.05, 0) is 11.0 Å². The van der Waals surface area contributed by atoms with Crippen molar-refractivity contribution in [3.05, 3.63) is 39.4 Å². The van der Waals surface area contributed by atoms with Crippen LogP contribution in [0, 0.1) is 10.1 Å². The van der Waals surface area contributed by atoms with Crippen molar-refractivity contribution in [2.24, 2.45) is 0 Å². The molecule has 0 aliphatic carbocycles. The van der Waals surface area contributed by atoms with E-state index in [4.69, 9.17) is 0 Å². The molecule has 0 N–H and O–H groups in total. The van der Waals surface area contributed by atoms with Gasteiger partial charge in [0.15, 0.2) is 0 Å². The number of rotatable bonds is 3. The van der Waals surface area contributed by atoms with Crippen LogP contribution >= 0.6 is 0 Å². The first-order valence-electron chi connectivity index (χ1n) is 5.22. The molecule has 1 rings (SSSR count). The second kappa shape index (κ2) is 6.32. The molecule has 0 spiro atoms. The van der Waals surface area contributed by atoms with Gasteiger partial charge in [0.2, 0.25) is 0 Å². The number of nitro benzene ring substituents is 1. The van der Waals surface area contributed by atoms with Gasteiger partial charge in [-0.2, -0.15) is 0 Å². The number of nitro groups is 1. The molecule has 100 valence electrons. The summed E-state index contributed by atoms with van der Waals surface area (Å²) in [6, 6.07) is 4.08. The van der Waals surface area contributed by atoms with Crippen molar-refractivity contribution in [2.45, 2.75) is 31.9 Å². The van der Waals surface area contributed by atoms with Crippen molar-refractivity contribution in [2.75, 3.05) is 0 Å². The van der Waals surface area contributed by atoms with E-state index < -0.39 is 26.2 Å². The Balaban J connectivity index is 0.00000324. The standard InChI is InChI=1S/C11H15NO5S.Na/c1-11(2,3)9-5-4-8(7-18(15,16)17)6-10(9)12(13)14;/h4-6H,7H2,1-3H3,(H,15,16,17);/q;+1/p-1. The van der Waals surface area contributed by atoms with Gasteiger partial charge in [0.05, 0.1) is 20.8 Å². The van der Waals surface area contributed by atoms with Crippen LogP contribution in [-0.2, 0) is 21.3 Å². The van der Waals surface area contributed by atoms with E-state index in [1.165, 1.54) is 12.1 Å². The third-order valence-corrected chi connectivity index (χ3v) is 3.10. The van der Waals surface area contributed by atoms with E-state index in [9.17, 15) is 23.1 Å². The molecule has 1 aromatic rings. The van der Waals surface area contributed by atoms with Crippen LogP contribution in [-0.4, -0.2) is 17.9 Å². The summed E-state index contributed by atoms with van der Waals surface area (Å²) in [5.41, 5.74) is 0.0324. The number of hydrogen-bond donors (Lipinski definition) is 0. The van der Waals surface area contributed by atoms with Crippen LogP contribution in [0.3, 0.4) is 0 Å². The molecule has 0 aromatic heterocycles. The molecule has 0 aliphatic rings. The monoisotopic (exact) mass is 295 g/mol. The molecule has 1 aromatic carbocycles. The maximum absolute atomic E-state index is 11.0. The van der Waals surface area contributed by atoms with Gasteiger partial charge in [0, 0.05) is 11.6 Å². The summed E-state index contributed by atoms with van der Waals surface area (Å²) in [5.74, 6) is -0.738. The first kappa shape index (κ1) is 18.5. The van der Waals surface area contributed by atoms with Crippen molar-refractivity contribution < 1.29 is 47.5 Å². The largest absolute Gasteiger partial charge is 1.00 e. The van der Waals surface area contributed by atoms with Gasteiger partial charge in [0.25, 0.3) is 5.69 Å². The van der Waals surface area contributed by atoms with Crippen molar-refractivity contribution in [3.63, 3.8) is 0 Å². The molecule has 0 saturated heterocycles. The Bertz CT molecular complexity index is 577. The van der Waals surface area contributed by atoms with E-state index >= 15 is 0 Å². The average molecular weight is 295 g/mol. The molecule has 0 heterocycles. The summed E-state index contributed by atoms with van der Waals surface area (Å²) in [5, 5.41) is 11.0. The predicted molar refractivity (Wildman–Crippen MR) is 65.2 cm³/mol.